The molecule has 2 N–H and O–H groups in total. The Morgan fingerprint density at radius 1 is 1.21 bits per heavy atom. The standard InChI is InChI=1S/C10H14NO2P/c12-14(13)9-8-11-7-6-10-4-2-1-3-5-10/h1-5,11H,6-9H2/p+1. The van der Waals surface area contributed by atoms with Crippen LogP contribution in [0, 0.1) is 0 Å². The molecule has 0 radical (unpaired) electrons. The Balaban J connectivity index is 2.08. The second-order valence-electron chi connectivity index (χ2n) is 3.06. The molecule has 4 heteroatoms. The van der Waals surface area contributed by atoms with Crippen LogP contribution in [0.1, 0.15) is 5.56 Å². The van der Waals surface area contributed by atoms with Gasteiger partial charge in [0.15, 0.2) is 6.16 Å². The third-order valence-corrected chi connectivity index (χ3v) is 2.52. The highest BCUT2D eigenvalue weighted by molar-refractivity contribution is 7.38. The van der Waals surface area contributed by atoms with E-state index in [1.807, 2.05) is 18.2 Å². The average molecular weight is 212 g/mol. The van der Waals surface area contributed by atoms with Crippen molar-refractivity contribution in [1.29, 1.82) is 0 Å². The predicted molar refractivity (Wildman–Crippen MR) is 57.7 cm³/mol. The van der Waals surface area contributed by atoms with Crippen LogP contribution in [-0.4, -0.2) is 24.1 Å². The normalized spacial score (nSPS) is 11.4. The molecular formula is C10H15NO2P+. The fourth-order valence-corrected chi connectivity index (χ4v) is 1.53. The van der Waals surface area contributed by atoms with Gasteiger partial charge in [-0.25, -0.2) is 0 Å². The zero-order valence-electron chi connectivity index (χ0n) is 8.02. The molecule has 0 amide bonds. The van der Waals surface area contributed by atoms with Crippen molar-refractivity contribution in [3.05, 3.63) is 35.9 Å². The van der Waals surface area contributed by atoms with E-state index in [0.717, 1.165) is 13.0 Å². The van der Waals surface area contributed by atoms with Crippen LogP contribution >= 0.6 is 8.03 Å². The van der Waals surface area contributed by atoms with E-state index in [1.165, 1.54) is 5.56 Å². The highest BCUT2D eigenvalue weighted by Crippen LogP contribution is 2.09. The topological polar surface area (TPSA) is 49.3 Å². The minimum absolute atomic E-state index is 0.337. The van der Waals surface area contributed by atoms with Gasteiger partial charge in [0.05, 0.1) is 0 Å². The van der Waals surface area contributed by atoms with Gasteiger partial charge in [-0.15, -0.1) is 0 Å². The van der Waals surface area contributed by atoms with Crippen molar-refractivity contribution in [1.82, 2.24) is 5.32 Å². The number of hydrogen-bond donors (Lipinski definition) is 2. The second kappa shape index (κ2) is 6.66. The van der Waals surface area contributed by atoms with Crippen LogP contribution in [0.2, 0.25) is 0 Å². The van der Waals surface area contributed by atoms with E-state index in [-0.39, 0.29) is 0 Å². The molecule has 1 unspecified atom stereocenters. The van der Waals surface area contributed by atoms with Gasteiger partial charge in [-0.3, -0.25) is 0 Å². The fourth-order valence-electron chi connectivity index (χ4n) is 1.18. The zero-order valence-corrected chi connectivity index (χ0v) is 8.91. The lowest BCUT2D eigenvalue weighted by molar-refractivity contribution is 0.500. The largest absolute Gasteiger partial charge is 0.506 e. The van der Waals surface area contributed by atoms with Gasteiger partial charge in [0, 0.05) is 6.54 Å². The van der Waals surface area contributed by atoms with Crippen LogP contribution in [0.15, 0.2) is 30.3 Å². The highest BCUT2D eigenvalue weighted by Gasteiger charge is 2.07. The summed E-state index contributed by atoms with van der Waals surface area (Å²) >= 11 is 0. The Kier molecular flexibility index (Phi) is 5.38. The van der Waals surface area contributed by atoms with Crippen LogP contribution < -0.4 is 5.32 Å². The van der Waals surface area contributed by atoms with Crippen LogP contribution in [0.4, 0.5) is 0 Å². The molecule has 76 valence electrons. The summed E-state index contributed by atoms with van der Waals surface area (Å²) in [5.74, 6) is 0. The van der Waals surface area contributed by atoms with Crippen LogP contribution in [0.5, 0.6) is 0 Å². The van der Waals surface area contributed by atoms with E-state index >= 15 is 0 Å². The van der Waals surface area contributed by atoms with E-state index in [2.05, 4.69) is 17.4 Å². The predicted octanol–water partition coefficient (Wildman–Crippen LogP) is 1.55. The second-order valence-corrected chi connectivity index (χ2v) is 4.21. The molecule has 14 heavy (non-hydrogen) atoms. The van der Waals surface area contributed by atoms with Crippen molar-refractivity contribution >= 4 is 8.03 Å². The van der Waals surface area contributed by atoms with E-state index in [4.69, 9.17) is 4.89 Å². The van der Waals surface area contributed by atoms with Gasteiger partial charge in [0.2, 0.25) is 0 Å². The molecule has 0 spiro atoms. The SMILES string of the molecule is O=[P+](O)CCNCCc1ccccc1. The third-order valence-electron chi connectivity index (χ3n) is 1.91. The Morgan fingerprint density at radius 2 is 1.93 bits per heavy atom. The van der Waals surface area contributed by atoms with Crippen molar-refractivity contribution in [2.75, 3.05) is 19.3 Å². The van der Waals surface area contributed by atoms with Crippen molar-refractivity contribution in [3.8, 4) is 0 Å². The molecule has 3 nitrogen and oxygen atoms in total. The molecule has 1 rings (SSSR count). The maximum atomic E-state index is 10.3. The van der Waals surface area contributed by atoms with Crippen molar-refractivity contribution in [2.45, 2.75) is 6.42 Å². The van der Waals surface area contributed by atoms with Crippen LogP contribution in [0.3, 0.4) is 0 Å². The number of nitrogens with one attached hydrogen (secondary N) is 1. The number of benzene rings is 1. The molecule has 0 aliphatic rings. The summed E-state index contributed by atoms with van der Waals surface area (Å²) in [5.41, 5.74) is 1.29. The maximum Gasteiger partial charge on any atom is 0.506 e. The smallest absolute Gasteiger partial charge is 0.312 e. The van der Waals surface area contributed by atoms with E-state index in [0.29, 0.717) is 12.7 Å². The van der Waals surface area contributed by atoms with Gasteiger partial charge >= 0.3 is 8.03 Å². The van der Waals surface area contributed by atoms with E-state index < -0.39 is 8.03 Å². The summed E-state index contributed by atoms with van der Waals surface area (Å²) in [6.45, 7) is 1.46. The third kappa shape index (κ3) is 5.07. The molecule has 0 heterocycles. The van der Waals surface area contributed by atoms with Crippen LogP contribution in [-0.2, 0) is 11.0 Å². The van der Waals surface area contributed by atoms with Gasteiger partial charge in [-0.1, -0.05) is 30.3 Å². The van der Waals surface area contributed by atoms with E-state index in [1.54, 1.807) is 0 Å². The Morgan fingerprint density at radius 3 is 2.57 bits per heavy atom. The van der Waals surface area contributed by atoms with Crippen molar-refractivity contribution < 1.29 is 9.46 Å². The summed E-state index contributed by atoms with van der Waals surface area (Å²) in [4.78, 5) is 8.54. The number of rotatable bonds is 6. The summed E-state index contributed by atoms with van der Waals surface area (Å²) < 4.78 is 10.3. The molecular weight excluding hydrogens is 197 g/mol. The summed E-state index contributed by atoms with van der Waals surface area (Å²) in [6, 6.07) is 10.2. The minimum Gasteiger partial charge on any atom is -0.312 e. The molecule has 0 bridgehead atoms. The molecule has 0 saturated heterocycles. The van der Waals surface area contributed by atoms with Gasteiger partial charge in [-0.05, 0) is 23.1 Å². The molecule has 0 aliphatic heterocycles. The Labute approximate surface area is 85.0 Å². The Bertz CT molecular complexity index is 277. The monoisotopic (exact) mass is 212 g/mol. The minimum atomic E-state index is -1.98. The van der Waals surface area contributed by atoms with Gasteiger partial charge in [0.25, 0.3) is 0 Å². The van der Waals surface area contributed by atoms with Crippen LogP contribution in [0.25, 0.3) is 0 Å². The molecule has 1 aromatic rings. The quantitative estimate of drug-likeness (QED) is 0.555. The molecule has 0 fully saturated rings. The first kappa shape index (κ1) is 11.3. The number of hydrogen-bond acceptors (Lipinski definition) is 2. The average Bonchev–Trinajstić information content (AvgIpc) is 2.18. The van der Waals surface area contributed by atoms with Gasteiger partial charge in [0.1, 0.15) is 0 Å². The van der Waals surface area contributed by atoms with Gasteiger partial charge < -0.3 is 5.32 Å². The van der Waals surface area contributed by atoms with Crippen molar-refractivity contribution in [2.24, 2.45) is 0 Å². The zero-order chi connectivity index (χ0) is 10.2. The molecule has 1 atom stereocenters. The van der Waals surface area contributed by atoms with Crippen molar-refractivity contribution in [3.63, 3.8) is 0 Å². The molecule has 0 aromatic heterocycles. The van der Waals surface area contributed by atoms with Gasteiger partial charge in [-0.2, -0.15) is 4.89 Å². The fraction of sp³-hybridized carbons (Fsp3) is 0.400. The van der Waals surface area contributed by atoms with E-state index in [9.17, 15) is 4.57 Å². The summed E-state index contributed by atoms with van der Waals surface area (Å²) in [7, 11) is -1.98. The first-order valence-electron chi connectivity index (χ1n) is 4.67. The highest BCUT2D eigenvalue weighted by atomic mass is 31.1. The lowest BCUT2D eigenvalue weighted by atomic mass is 10.1. The molecule has 1 aromatic carbocycles. The lowest BCUT2D eigenvalue weighted by Crippen LogP contribution is -2.19. The lowest BCUT2D eigenvalue weighted by Gasteiger charge is -2.00. The summed E-state index contributed by atoms with van der Waals surface area (Å²) in [5, 5.41) is 3.12. The molecule has 0 aliphatic carbocycles. The Hall–Kier alpha value is -0.760. The first-order valence-corrected chi connectivity index (χ1v) is 6.07. The first-order chi connectivity index (χ1) is 6.79. The molecule has 0 saturated carbocycles. The summed E-state index contributed by atoms with van der Waals surface area (Å²) in [6.07, 6.45) is 1.30. The maximum absolute atomic E-state index is 10.3.